The van der Waals surface area contributed by atoms with Crippen LogP contribution >= 0.6 is 0 Å². The Hall–Kier alpha value is -0.690. The molecule has 0 aromatic heterocycles. The third-order valence-corrected chi connectivity index (χ3v) is 1.75. The summed E-state index contributed by atoms with van der Waals surface area (Å²) in [5.74, 6) is -0.0521. The summed E-state index contributed by atoms with van der Waals surface area (Å²) in [5, 5.41) is 0. The number of hydrogen-bond acceptors (Lipinski definition) is 1. The summed E-state index contributed by atoms with van der Waals surface area (Å²) in [7, 11) is 10.9. The average molecular weight is 170 g/mol. The highest BCUT2D eigenvalue weighted by Crippen LogP contribution is 2.06. The minimum atomic E-state index is -0.0521. The third-order valence-electron chi connectivity index (χ3n) is 1.75. The number of ether oxygens (including phenoxy) is 1. The predicted molar refractivity (Wildman–Crippen MR) is 56.2 cm³/mol. The van der Waals surface area contributed by atoms with Gasteiger partial charge in [-0.25, -0.2) is 0 Å². The van der Waals surface area contributed by atoms with Crippen LogP contribution in [-0.2, 0) is 11.3 Å². The van der Waals surface area contributed by atoms with E-state index in [9.17, 15) is 0 Å². The van der Waals surface area contributed by atoms with E-state index < -0.39 is 0 Å². The van der Waals surface area contributed by atoms with Gasteiger partial charge in [0.25, 0.3) is 0 Å². The van der Waals surface area contributed by atoms with Crippen molar-refractivity contribution in [3.63, 3.8) is 0 Å². The minimum absolute atomic E-state index is 0.0521. The zero-order valence-electron chi connectivity index (χ0n) is 7.65. The van der Waals surface area contributed by atoms with Crippen LogP contribution in [0.25, 0.3) is 0 Å². The normalized spacial score (nSPS) is 12.6. The lowest BCUT2D eigenvalue weighted by molar-refractivity contribution is 0.122. The molecule has 0 aliphatic carbocycles. The summed E-state index contributed by atoms with van der Waals surface area (Å²) >= 11 is 0. The summed E-state index contributed by atoms with van der Waals surface area (Å²) in [5.41, 5.74) is 1.16. The molecule has 0 saturated heterocycles. The Morgan fingerprint density at radius 2 is 1.92 bits per heavy atom. The molecule has 0 saturated carbocycles. The van der Waals surface area contributed by atoms with E-state index in [1.54, 1.807) is 0 Å². The maximum atomic E-state index is 5.59. The second-order valence-electron chi connectivity index (χ2n) is 3.00. The first-order valence-electron chi connectivity index (χ1n) is 4.40. The van der Waals surface area contributed by atoms with Crippen LogP contribution in [0.4, 0.5) is 0 Å². The van der Waals surface area contributed by atoms with Crippen molar-refractivity contribution < 1.29 is 4.74 Å². The van der Waals surface area contributed by atoms with Crippen molar-refractivity contribution in [1.82, 2.24) is 0 Å². The fourth-order valence-corrected chi connectivity index (χ4v) is 0.970. The zero-order chi connectivity index (χ0) is 9.52. The first kappa shape index (κ1) is 10.4. The number of hydrogen-bond donors (Lipinski definition) is 0. The standard InChI is InChI=1S/C10H12B2O/c11-6-10(12)8-13-7-9-4-2-1-3-5-9/h1-5,10H,6-8H2. The average Bonchev–Trinajstić information content (AvgIpc) is 2.19. The Bertz CT molecular complexity index is 226. The molecule has 1 aromatic carbocycles. The molecule has 0 aliphatic rings. The lowest BCUT2D eigenvalue weighted by Gasteiger charge is -2.09. The van der Waals surface area contributed by atoms with Crippen molar-refractivity contribution >= 4 is 15.7 Å². The lowest BCUT2D eigenvalue weighted by atomic mass is 9.78. The SMILES string of the molecule is [B]CC([B])COCc1ccccc1. The summed E-state index contributed by atoms with van der Waals surface area (Å²) in [6.45, 7) is 1.12. The highest BCUT2D eigenvalue weighted by Gasteiger charge is 1.97. The molecule has 13 heavy (non-hydrogen) atoms. The molecular formula is C10H12B2O. The minimum Gasteiger partial charge on any atom is -0.377 e. The van der Waals surface area contributed by atoms with Gasteiger partial charge < -0.3 is 4.74 Å². The third kappa shape index (κ3) is 4.18. The van der Waals surface area contributed by atoms with Gasteiger partial charge in [-0.05, 0) is 5.56 Å². The van der Waals surface area contributed by atoms with E-state index in [-0.39, 0.29) is 5.82 Å². The molecule has 64 valence electrons. The zero-order valence-corrected chi connectivity index (χ0v) is 7.65. The van der Waals surface area contributed by atoms with Crippen molar-refractivity contribution in [2.45, 2.75) is 18.7 Å². The van der Waals surface area contributed by atoms with Crippen molar-refractivity contribution in [2.75, 3.05) is 6.61 Å². The second kappa shape index (κ2) is 5.87. The Morgan fingerprint density at radius 1 is 1.23 bits per heavy atom. The molecule has 1 nitrogen and oxygen atoms in total. The Labute approximate surface area is 82.3 Å². The molecule has 0 spiro atoms. The molecule has 4 radical (unpaired) electrons. The fourth-order valence-electron chi connectivity index (χ4n) is 0.970. The molecule has 0 aliphatic heterocycles. The van der Waals surface area contributed by atoms with Gasteiger partial charge in [-0.15, -0.1) is 0 Å². The summed E-state index contributed by atoms with van der Waals surface area (Å²) in [6.07, 6.45) is 0.467. The Kier molecular flexibility index (Phi) is 4.69. The van der Waals surface area contributed by atoms with E-state index >= 15 is 0 Å². The summed E-state index contributed by atoms with van der Waals surface area (Å²) in [4.78, 5) is 0. The van der Waals surface area contributed by atoms with Gasteiger partial charge in [0.05, 0.1) is 22.3 Å². The van der Waals surface area contributed by atoms with E-state index in [1.165, 1.54) is 0 Å². The van der Waals surface area contributed by atoms with Crippen LogP contribution in [0.1, 0.15) is 5.56 Å². The second-order valence-corrected chi connectivity index (χ2v) is 3.00. The van der Waals surface area contributed by atoms with Crippen molar-refractivity contribution in [2.24, 2.45) is 0 Å². The summed E-state index contributed by atoms with van der Waals surface area (Å²) in [6, 6.07) is 10.0. The first-order valence-corrected chi connectivity index (χ1v) is 4.40. The van der Waals surface area contributed by atoms with E-state index in [4.69, 9.17) is 20.4 Å². The van der Waals surface area contributed by atoms with Gasteiger partial charge in [-0.3, -0.25) is 0 Å². The van der Waals surface area contributed by atoms with E-state index in [0.717, 1.165) is 5.56 Å². The molecule has 1 rings (SSSR count). The van der Waals surface area contributed by atoms with Gasteiger partial charge in [0.1, 0.15) is 0 Å². The van der Waals surface area contributed by atoms with Gasteiger partial charge in [0.15, 0.2) is 0 Å². The van der Waals surface area contributed by atoms with Crippen LogP contribution in [0, 0.1) is 0 Å². The molecular weight excluding hydrogens is 158 g/mol. The lowest BCUT2D eigenvalue weighted by Crippen LogP contribution is -2.03. The molecule has 1 aromatic rings. The number of benzene rings is 1. The van der Waals surface area contributed by atoms with Crippen LogP contribution < -0.4 is 0 Å². The maximum Gasteiger partial charge on any atom is 0.0720 e. The van der Waals surface area contributed by atoms with Gasteiger partial charge in [0.2, 0.25) is 0 Å². The molecule has 0 bridgehead atoms. The Morgan fingerprint density at radius 3 is 2.54 bits per heavy atom. The number of rotatable bonds is 5. The largest absolute Gasteiger partial charge is 0.377 e. The molecule has 0 fully saturated rings. The fraction of sp³-hybridized carbons (Fsp3) is 0.400. The Balaban J connectivity index is 2.20. The maximum absolute atomic E-state index is 5.59. The highest BCUT2D eigenvalue weighted by atomic mass is 16.5. The van der Waals surface area contributed by atoms with Crippen molar-refractivity contribution in [3.8, 4) is 0 Å². The summed E-state index contributed by atoms with van der Waals surface area (Å²) < 4.78 is 5.37. The quantitative estimate of drug-likeness (QED) is 0.611. The van der Waals surface area contributed by atoms with Gasteiger partial charge >= 0.3 is 0 Å². The van der Waals surface area contributed by atoms with E-state index in [0.29, 0.717) is 19.5 Å². The molecule has 0 heterocycles. The van der Waals surface area contributed by atoms with Crippen LogP contribution in [0.2, 0.25) is 12.1 Å². The van der Waals surface area contributed by atoms with Gasteiger partial charge in [0, 0.05) is 6.61 Å². The van der Waals surface area contributed by atoms with Crippen LogP contribution in [0.3, 0.4) is 0 Å². The first-order chi connectivity index (χ1) is 6.33. The van der Waals surface area contributed by atoms with E-state index in [2.05, 4.69) is 0 Å². The monoisotopic (exact) mass is 170 g/mol. The predicted octanol–water partition coefficient (Wildman–Crippen LogP) is 1.75. The smallest absolute Gasteiger partial charge is 0.0720 e. The molecule has 0 N–H and O–H groups in total. The van der Waals surface area contributed by atoms with Crippen molar-refractivity contribution in [3.05, 3.63) is 35.9 Å². The molecule has 1 atom stereocenters. The molecule has 1 unspecified atom stereocenters. The van der Waals surface area contributed by atoms with Crippen LogP contribution in [-0.4, -0.2) is 22.3 Å². The molecule has 0 amide bonds. The van der Waals surface area contributed by atoms with Gasteiger partial charge in [-0.2, -0.15) is 0 Å². The van der Waals surface area contributed by atoms with E-state index in [1.807, 2.05) is 30.3 Å². The van der Waals surface area contributed by atoms with Gasteiger partial charge in [-0.1, -0.05) is 42.5 Å². The highest BCUT2D eigenvalue weighted by molar-refractivity contribution is 6.19. The van der Waals surface area contributed by atoms with Crippen LogP contribution in [0.5, 0.6) is 0 Å². The van der Waals surface area contributed by atoms with Crippen LogP contribution in [0.15, 0.2) is 30.3 Å². The van der Waals surface area contributed by atoms with Crippen molar-refractivity contribution in [1.29, 1.82) is 0 Å². The molecule has 3 heteroatoms. The topological polar surface area (TPSA) is 9.23 Å².